The summed E-state index contributed by atoms with van der Waals surface area (Å²) in [4.78, 5) is 15.2. The summed E-state index contributed by atoms with van der Waals surface area (Å²) in [5, 5.41) is 6.32. The van der Waals surface area contributed by atoms with Crippen LogP contribution in [0.25, 0.3) is 0 Å². The molecule has 5 rings (SSSR count). The van der Waals surface area contributed by atoms with Crippen LogP contribution in [-0.4, -0.2) is 58.8 Å². The molecule has 2 aliphatic rings. The van der Waals surface area contributed by atoms with Crippen molar-refractivity contribution in [3.05, 3.63) is 60.0 Å². The molecule has 1 saturated carbocycles. The summed E-state index contributed by atoms with van der Waals surface area (Å²) in [6.07, 6.45) is 4.86. The van der Waals surface area contributed by atoms with Crippen molar-refractivity contribution in [3.8, 4) is 5.75 Å². The minimum atomic E-state index is -2.68. The Labute approximate surface area is 209 Å². The molecule has 2 aliphatic carbocycles. The maximum Gasteiger partial charge on any atom is 0.252 e. The van der Waals surface area contributed by atoms with Gasteiger partial charge in [-0.3, -0.25) is 9.88 Å². The number of pyridine rings is 1. The van der Waals surface area contributed by atoms with Crippen molar-refractivity contribution in [3.63, 3.8) is 0 Å². The maximum absolute atomic E-state index is 13.8. The lowest BCUT2D eigenvalue weighted by Crippen LogP contribution is -2.59. The van der Waals surface area contributed by atoms with Gasteiger partial charge < -0.3 is 20.1 Å². The van der Waals surface area contributed by atoms with Crippen LogP contribution in [0, 0.1) is 0 Å². The molecule has 190 valence electrons. The highest BCUT2D eigenvalue weighted by molar-refractivity contribution is 5.60. The molecule has 10 heteroatoms. The molecular weight excluding hydrogens is 466 g/mol. The molecule has 36 heavy (non-hydrogen) atoms. The van der Waals surface area contributed by atoms with E-state index in [4.69, 9.17) is 9.47 Å². The first kappa shape index (κ1) is 24.3. The van der Waals surface area contributed by atoms with E-state index in [1.54, 1.807) is 31.6 Å². The van der Waals surface area contributed by atoms with Crippen LogP contribution in [-0.2, 0) is 17.6 Å². The summed E-state index contributed by atoms with van der Waals surface area (Å²) in [5.41, 5.74) is 2.48. The molecule has 0 radical (unpaired) electrons. The predicted molar refractivity (Wildman–Crippen MR) is 133 cm³/mol. The molecule has 1 fully saturated rings. The van der Waals surface area contributed by atoms with E-state index in [9.17, 15) is 8.78 Å². The Morgan fingerprint density at radius 3 is 2.53 bits per heavy atom. The number of ether oxygens (including phenoxy) is 2. The van der Waals surface area contributed by atoms with Crippen molar-refractivity contribution in [2.24, 2.45) is 0 Å². The van der Waals surface area contributed by atoms with Crippen LogP contribution in [0.4, 0.5) is 31.9 Å². The lowest BCUT2D eigenvalue weighted by Gasteiger charge is -2.50. The highest BCUT2D eigenvalue weighted by Crippen LogP contribution is 2.39. The number of halogens is 2. The molecular formula is C26H30F2N6O2. The number of aryl methyl sites for hydroxylation is 1. The minimum absolute atomic E-state index is 0.113. The monoisotopic (exact) mass is 496 g/mol. The minimum Gasteiger partial charge on any atom is -0.490 e. The van der Waals surface area contributed by atoms with Crippen LogP contribution in [0.15, 0.2) is 48.8 Å². The second-order valence-electron chi connectivity index (χ2n) is 9.60. The second-order valence-corrected chi connectivity index (χ2v) is 9.60. The van der Waals surface area contributed by atoms with E-state index in [1.165, 1.54) is 0 Å². The van der Waals surface area contributed by atoms with Crippen molar-refractivity contribution < 1.29 is 18.3 Å². The summed E-state index contributed by atoms with van der Waals surface area (Å²) < 4.78 is 39.3. The summed E-state index contributed by atoms with van der Waals surface area (Å²) in [5.74, 6) is -0.959. The number of alkyl halides is 2. The Bertz CT molecular complexity index is 1220. The van der Waals surface area contributed by atoms with E-state index in [2.05, 4.69) is 30.5 Å². The van der Waals surface area contributed by atoms with Crippen molar-refractivity contribution in [1.82, 2.24) is 19.9 Å². The fourth-order valence-corrected chi connectivity index (χ4v) is 4.68. The van der Waals surface area contributed by atoms with E-state index in [-0.39, 0.29) is 24.7 Å². The third-order valence-electron chi connectivity index (χ3n) is 6.87. The summed E-state index contributed by atoms with van der Waals surface area (Å²) in [7, 11) is 5.75. The van der Waals surface area contributed by atoms with Crippen LogP contribution >= 0.6 is 0 Å². The third-order valence-corrected chi connectivity index (χ3v) is 6.87. The molecule has 2 heterocycles. The molecule has 0 bridgehead atoms. The molecule has 2 aromatic heterocycles. The first-order valence-corrected chi connectivity index (χ1v) is 12.0. The lowest BCUT2D eigenvalue weighted by atomic mass is 9.83. The van der Waals surface area contributed by atoms with Gasteiger partial charge in [0.05, 0.1) is 11.9 Å². The topological polar surface area (TPSA) is 84.4 Å². The van der Waals surface area contributed by atoms with Gasteiger partial charge in [0.25, 0.3) is 5.92 Å². The number of rotatable bonds is 8. The van der Waals surface area contributed by atoms with E-state index in [0.29, 0.717) is 29.4 Å². The van der Waals surface area contributed by atoms with Crippen molar-refractivity contribution in [2.75, 3.05) is 31.8 Å². The average molecular weight is 497 g/mol. The van der Waals surface area contributed by atoms with Gasteiger partial charge >= 0.3 is 0 Å². The largest absolute Gasteiger partial charge is 0.490 e. The standard InChI is InChI=1S/C26H30F2N6O2/c1-34(2)26(35-3)14-21(15-26)36-20-6-4-18(5-7-20)32-24-29-11-9-23(33-24)31-19-12-17-13-25(27,28)10-8-22(17)30-16-19/h4-7,9,11-12,16,21H,8,10,13-15H2,1-3H3,(H2,29,31,32,33). The number of fused-ring (bicyclic) bond motifs is 1. The number of anilines is 4. The average Bonchev–Trinajstić information content (AvgIpc) is 2.81. The Hall–Kier alpha value is -3.37. The Kier molecular flexibility index (Phi) is 6.48. The van der Waals surface area contributed by atoms with Crippen molar-refractivity contribution in [1.29, 1.82) is 0 Å². The molecule has 0 spiro atoms. The third kappa shape index (κ3) is 5.24. The van der Waals surface area contributed by atoms with E-state index >= 15 is 0 Å². The van der Waals surface area contributed by atoms with Gasteiger partial charge in [0, 0.05) is 50.4 Å². The van der Waals surface area contributed by atoms with Gasteiger partial charge in [0.2, 0.25) is 5.95 Å². The summed E-state index contributed by atoms with van der Waals surface area (Å²) in [6.45, 7) is 0. The molecule has 2 N–H and O–H groups in total. The van der Waals surface area contributed by atoms with Gasteiger partial charge in [0.1, 0.15) is 23.4 Å². The van der Waals surface area contributed by atoms with Crippen LogP contribution in [0.2, 0.25) is 0 Å². The number of nitrogens with zero attached hydrogens (tertiary/aromatic N) is 4. The highest BCUT2D eigenvalue weighted by atomic mass is 19.3. The smallest absolute Gasteiger partial charge is 0.252 e. The molecule has 8 nitrogen and oxygen atoms in total. The zero-order valence-electron chi connectivity index (χ0n) is 20.6. The molecule has 0 aliphatic heterocycles. The Morgan fingerprint density at radius 2 is 1.81 bits per heavy atom. The van der Waals surface area contributed by atoms with Crippen LogP contribution in [0.1, 0.15) is 30.5 Å². The van der Waals surface area contributed by atoms with Gasteiger partial charge in [-0.2, -0.15) is 4.98 Å². The number of benzene rings is 1. The van der Waals surface area contributed by atoms with Crippen LogP contribution < -0.4 is 15.4 Å². The van der Waals surface area contributed by atoms with E-state index in [1.807, 2.05) is 38.4 Å². The van der Waals surface area contributed by atoms with Gasteiger partial charge in [-0.25, -0.2) is 13.8 Å². The Morgan fingerprint density at radius 1 is 1.03 bits per heavy atom. The second kappa shape index (κ2) is 9.59. The molecule has 0 amide bonds. The number of hydrogen-bond acceptors (Lipinski definition) is 8. The summed E-state index contributed by atoms with van der Waals surface area (Å²) in [6, 6.07) is 11.0. The first-order chi connectivity index (χ1) is 17.2. The predicted octanol–water partition coefficient (Wildman–Crippen LogP) is 4.93. The summed E-state index contributed by atoms with van der Waals surface area (Å²) >= 11 is 0. The molecule has 3 aromatic rings. The number of methoxy groups -OCH3 is 1. The van der Waals surface area contributed by atoms with Gasteiger partial charge in [-0.1, -0.05) is 0 Å². The van der Waals surface area contributed by atoms with Gasteiger partial charge in [-0.15, -0.1) is 0 Å². The number of hydrogen-bond donors (Lipinski definition) is 2. The maximum atomic E-state index is 13.8. The fraction of sp³-hybridized carbons (Fsp3) is 0.423. The van der Waals surface area contributed by atoms with E-state index in [0.717, 1.165) is 30.0 Å². The van der Waals surface area contributed by atoms with Crippen molar-refractivity contribution in [2.45, 2.75) is 49.9 Å². The Balaban J connectivity index is 1.19. The van der Waals surface area contributed by atoms with Crippen LogP contribution in [0.3, 0.4) is 0 Å². The normalized spacial score (nSPS) is 22.4. The zero-order chi connectivity index (χ0) is 25.3. The SMILES string of the molecule is COC1(N(C)C)CC(Oc2ccc(Nc3nccc(Nc4cnc5c(c4)CC(F)(F)CC5)n3)cc2)C1. The molecule has 0 unspecified atom stereocenters. The van der Waals surface area contributed by atoms with Crippen molar-refractivity contribution >= 4 is 23.1 Å². The molecule has 1 aromatic carbocycles. The van der Waals surface area contributed by atoms with Gasteiger partial charge in [0.15, 0.2) is 0 Å². The quantitative estimate of drug-likeness (QED) is 0.425. The van der Waals surface area contributed by atoms with Crippen LogP contribution in [0.5, 0.6) is 5.75 Å². The number of nitrogens with one attached hydrogen (secondary N) is 2. The zero-order valence-corrected chi connectivity index (χ0v) is 20.6. The fourth-order valence-electron chi connectivity index (χ4n) is 4.68. The molecule has 0 saturated heterocycles. The van der Waals surface area contributed by atoms with E-state index < -0.39 is 5.92 Å². The first-order valence-electron chi connectivity index (χ1n) is 12.0. The number of aromatic nitrogens is 3. The lowest BCUT2D eigenvalue weighted by molar-refractivity contribution is -0.204. The van der Waals surface area contributed by atoms with Gasteiger partial charge in [-0.05, 0) is 62.5 Å². The highest BCUT2D eigenvalue weighted by Gasteiger charge is 2.48. The molecule has 0 atom stereocenters.